The van der Waals surface area contributed by atoms with Gasteiger partial charge in [-0.1, -0.05) is 6.07 Å². The average molecular weight is 524 g/mol. The van der Waals surface area contributed by atoms with Gasteiger partial charge in [0.15, 0.2) is 0 Å². The zero-order valence-corrected chi connectivity index (χ0v) is 23.5. The van der Waals surface area contributed by atoms with Gasteiger partial charge in [-0.15, -0.1) is 0 Å². The van der Waals surface area contributed by atoms with Crippen LogP contribution >= 0.6 is 0 Å². The fourth-order valence-corrected chi connectivity index (χ4v) is 5.26. The third kappa shape index (κ3) is 5.86. The normalized spacial score (nSPS) is 14.2. The number of benzene rings is 2. The van der Waals surface area contributed by atoms with Crippen LogP contribution < -0.4 is 15.5 Å². The number of rotatable bonds is 7. The molecule has 4 aromatic rings. The van der Waals surface area contributed by atoms with Crippen molar-refractivity contribution >= 4 is 34.3 Å². The van der Waals surface area contributed by atoms with Gasteiger partial charge >= 0.3 is 0 Å². The molecule has 0 spiro atoms. The first-order chi connectivity index (χ1) is 18.8. The lowest BCUT2D eigenvalue weighted by atomic mass is 9.95. The highest BCUT2D eigenvalue weighted by molar-refractivity contribution is 5.96. The monoisotopic (exact) mass is 523 g/mol. The zero-order valence-electron chi connectivity index (χ0n) is 23.5. The van der Waals surface area contributed by atoms with Crippen LogP contribution in [0.5, 0.6) is 0 Å². The first-order valence-electron chi connectivity index (χ1n) is 13.6. The summed E-state index contributed by atoms with van der Waals surface area (Å²) in [7, 11) is 4.31. The van der Waals surface area contributed by atoms with Gasteiger partial charge in [0.05, 0.1) is 17.4 Å². The SMILES string of the molecule is CCNC(=O)c1ccc(C)c(-c2cc(C)c3nc(Nc4ccc(N5CCC(N(C)C)CC5)nc4)ncc3c2)c1. The number of carbonyl (C=O) groups is 1. The zero-order chi connectivity index (χ0) is 27.5. The fourth-order valence-electron chi connectivity index (χ4n) is 5.26. The Morgan fingerprint density at radius 3 is 2.49 bits per heavy atom. The first kappa shape index (κ1) is 26.6. The van der Waals surface area contributed by atoms with E-state index in [2.05, 4.69) is 71.6 Å². The number of hydrogen-bond donors (Lipinski definition) is 2. The molecule has 39 heavy (non-hydrogen) atoms. The van der Waals surface area contributed by atoms with Crippen LogP contribution in [0.1, 0.15) is 41.3 Å². The quantitative estimate of drug-likeness (QED) is 0.338. The van der Waals surface area contributed by atoms with Crippen LogP contribution in [0.15, 0.2) is 54.9 Å². The van der Waals surface area contributed by atoms with Gasteiger partial charge in [-0.3, -0.25) is 4.79 Å². The van der Waals surface area contributed by atoms with Crippen molar-refractivity contribution in [2.75, 3.05) is 43.9 Å². The van der Waals surface area contributed by atoms with Crippen molar-refractivity contribution in [2.24, 2.45) is 0 Å². The summed E-state index contributed by atoms with van der Waals surface area (Å²) in [5.41, 5.74) is 6.63. The molecule has 3 heterocycles. The third-order valence-electron chi connectivity index (χ3n) is 7.54. The van der Waals surface area contributed by atoms with Crippen molar-refractivity contribution in [3.8, 4) is 11.1 Å². The highest BCUT2D eigenvalue weighted by atomic mass is 16.1. The van der Waals surface area contributed by atoms with E-state index in [4.69, 9.17) is 9.97 Å². The summed E-state index contributed by atoms with van der Waals surface area (Å²) in [6.07, 6.45) is 6.00. The Bertz CT molecular complexity index is 1470. The molecular weight excluding hydrogens is 486 g/mol. The van der Waals surface area contributed by atoms with Crippen LogP contribution in [0.4, 0.5) is 17.5 Å². The van der Waals surface area contributed by atoms with E-state index in [1.54, 1.807) is 0 Å². The predicted octanol–water partition coefficient (Wildman–Crippen LogP) is 5.33. The average Bonchev–Trinajstić information content (AvgIpc) is 2.94. The second-order valence-electron chi connectivity index (χ2n) is 10.5. The second kappa shape index (κ2) is 11.4. The highest BCUT2D eigenvalue weighted by Gasteiger charge is 2.21. The van der Waals surface area contributed by atoms with E-state index >= 15 is 0 Å². The van der Waals surface area contributed by atoms with Gasteiger partial charge in [0.1, 0.15) is 5.82 Å². The van der Waals surface area contributed by atoms with Crippen molar-refractivity contribution in [2.45, 2.75) is 39.7 Å². The Morgan fingerprint density at radius 2 is 1.79 bits per heavy atom. The topological polar surface area (TPSA) is 86.3 Å². The minimum absolute atomic E-state index is 0.0632. The molecule has 0 radical (unpaired) electrons. The Balaban J connectivity index is 1.33. The lowest BCUT2D eigenvalue weighted by Crippen LogP contribution is -2.42. The van der Waals surface area contributed by atoms with Crippen LogP contribution in [0.25, 0.3) is 22.0 Å². The molecule has 0 atom stereocenters. The molecule has 1 fully saturated rings. The lowest BCUT2D eigenvalue weighted by Gasteiger charge is -2.35. The maximum Gasteiger partial charge on any atom is 0.251 e. The standard InChI is InChI=1S/C31H37N7O/c1-6-32-30(39)22-8-7-20(2)27(17-22)23-15-21(3)29-24(16-23)18-34-31(36-29)35-25-9-10-28(33-19-25)38-13-11-26(12-14-38)37(4)5/h7-10,15-19,26H,6,11-14H2,1-5H3,(H,32,39)(H,34,35,36). The molecule has 0 aliphatic carbocycles. The summed E-state index contributed by atoms with van der Waals surface area (Å²) < 4.78 is 0. The Morgan fingerprint density at radius 1 is 1.00 bits per heavy atom. The molecule has 202 valence electrons. The fraction of sp³-hybridized carbons (Fsp3) is 0.355. The molecule has 2 aromatic heterocycles. The summed E-state index contributed by atoms with van der Waals surface area (Å²) >= 11 is 0. The number of aryl methyl sites for hydroxylation is 2. The maximum absolute atomic E-state index is 12.4. The number of pyridine rings is 1. The van der Waals surface area contributed by atoms with Crippen molar-refractivity contribution in [3.63, 3.8) is 0 Å². The van der Waals surface area contributed by atoms with Crippen LogP contribution in [-0.2, 0) is 0 Å². The van der Waals surface area contributed by atoms with Crippen LogP contribution in [-0.4, -0.2) is 65.5 Å². The van der Waals surface area contributed by atoms with Gasteiger partial charge in [-0.05, 0) is 106 Å². The van der Waals surface area contributed by atoms with Gasteiger partial charge < -0.3 is 20.4 Å². The number of amides is 1. The van der Waals surface area contributed by atoms with E-state index in [1.165, 1.54) is 0 Å². The van der Waals surface area contributed by atoms with E-state index in [1.807, 2.05) is 43.6 Å². The maximum atomic E-state index is 12.4. The molecule has 1 aliphatic heterocycles. The van der Waals surface area contributed by atoms with Gasteiger partial charge in [0.25, 0.3) is 5.91 Å². The Kier molecular flexibility index (Phi) is 7.74. The van der Waals surface area contributed by atoms with Crippen molar-refractivity contribution in [1.29, 1.82) is 0 Å². The van der Waals surface area contributed by atoms with E-state index < -0.39 is 0 Å². The van der Waals surface area contributed by atoms with Gasteiger partial charge in [-0.25, -0.2) is 15.0 Å². The third-order valence-corrected chi connectivity index (χ3v) is 7.54. The molecule has 1 amide bonds. The summed E-state index contributed by atoms with van der Waals surface area (Å²) in [5.74, 6) is 1.48. The molecule has 1 aliphatic rings. The number of fused-ring (bicyclic) bond motifs is 1. The Hall–Kier alpha value is -4.04. The molecule has 0 unspecified atom stereocenters. The number of piperidine rings is 1. The molecule has 8 heteroatoms. The van der Waals surface area contributed by atoms with E-state index in [0.29, 0.717) is 24.1 Å². The number of hydrogen-bond acceptors (Lipinski definition) is 7. The first-order valence-corrected chi connectivity index (χ1v) is 13.6. The molecular formula is C31H37N7O. The molecule has 0 saturated carbocycles. The van der Waals surface area contributed by atoms with Crippen molar-refractivity contribution in [3.05, 3.63) is 71.5 Å². The molecule has 5 rings (SSSR count). The lowest BCUT2D eigenvalue weighted by molar-refractivity contribution is 0.0956. The van der Waals surface area contributed by atoms with Crippen LogP contribution in [0, 0.1) is 13.8 Å². The minimum atomic E-state index is -0.0632. The van der Waals surface area contributed by atoms with Gasteiger partial charge in [0.2, 0.25) is 5.95 Å². The Labute approximate surface area is 230 Å². The van der Waals surface area contributed by atoms with Gasteiger partial charge in [0, 0.05) is 42.8 Å². The highest BCUT2D eigenvalue weighted by Crippen LogP contribution is 2.30. The van der Waals surface area contributed by atoms with Crippen LogP contribution in [0.2, 0.25) is 0 Å². The van der Waals surface area contributed by atoms with Crippen molar-refractivity contribution < 1.29 is 4.79 Å². The summed E-state index contributed by atoms with van der Waals surface area (Å²) in [4.78, 5) is 31.1. The van der Waals surface area contributed by atoms with Gasteiger partial charge in [-0.2, -0.15) is 0 Å². The van der Waals surface area contributed by atoms with Crippen molar-refractivity contribution in [1.82, 2.24) is 25.2 Å². The number of carbonyl (C=O) groups excluding carboxylic acids is 1. The second-order valence-corrected chi connectivity index (χ2v) is 10.5. The molecule has 2 N–H and O–H groups in total. The van der Waals surface area contributed by atoms with E-state index in [-0.39, 0.29) is 5.91 Å². The number of anilines is 3. The van der Waals surface area contributed by atoms with Crippen LogP contribution in [0.3, 0.4) is 0 Å². The number of nitrogens with zero attached hydrogens (tertiary/aromatic N) is 5. The molecule has 1 saturated heterocycles. The van der Waals surface area contributed by atoms with E-state index in [0.717, 1.165) is 70.6 Å². The summed E-state index contributed by atoms with van der Waals surface area (Å²) in [6, 6.07) is 14.8. The molecule has 2 aromatic carbocycles. The molecule has 0 bridgehead atoms. The smallest absolute Gasteiger partial charge is 0.251 e. The molecule has 8 nitrogen and oxygen atoms in total. The largest absolute Gasteiger partial charge is 0.357 e. The van der Waals surface area contributed by atoms with E-state index in [9.17, 15) is 4.79 Å². The minimum Gasteiger partial charge on any atom is -0.357 e. The summed E-state index contributed by atoms with van der Waals surface area (Å²) in [6.45, 7) is 8.68. The predicted molar refractivity (Wildman–Crippen MR) is 159 cm³/mol. The number of nitrogens with one attached hydrogen (secondary N) is 2. The number of aromatic nitrogens is 3. The summed E-state index contributed by atoms with van der Waals surface area (Å²) in [5, 5.41) is 7.14.